The molecule has 0 saturated carbocycles. The van der Waals surface area contributed by atoms with Crippen molar-refractivity contribution in [2.45, 2.75) is 6.92 Å². The van der Waals surface area contributed by atoms with Gasteiger partial charge in [0.25, 0.3) is 5.91 Å². The van der Waals surface area contributed by atoms with Gasteiger partial charge in [0.1, 0.15) is 12.8 Å². The predicted molar refractivity (Wildman–Crippen MR) is 29.3 cm³/mol. The van der Waals surface area contributed by atoms with Crippen molar-refractivity contribution in [3.63, 3.8) is 0 Å². The second kappa shape index (κ2) is 4.11. The highest BCUT2D eigenvalue weighted by Crippen LogP contribution is 1.68. The summed E-state index contributed by atoms with van der Waals surface area (Å²) in [5.41, 5.74) is 4.66. The van der Waals surface area contributed by atoms with Gasteiger partial charge in [0.15, 0.2) is 0 Å². The molecule has 0 heterocycles. The third-order valence-corrected chi connectivity index (χ3v) is 0.384. The van der Waals surface area contributed by atoms with Crippen molar-refractivity contribution in [3.8, 4) is 0 Å². The molecule has 0 atom stereocenters. The Morgan fingerprint density at radius 1 is 2.00 bits per heavy atom. The highest BCUT2D eigenvalue weighted by atomic mass is 16.6. The van der Waals surface area contributed by atoms with Crippen molar-refractivity contribution < 1.29 is 9.63 Å². The minimum absolute atomic E-state index is 0.448. The Bertz CT molecular complexity index is 100. The van der Waals surface area contributed by atoms with Gasteiger partial charge >= 0.3 is 0 Å². The van der Waals surface area contributed by atoms with Crippen LogP contribution in [0, 0.1) is 0 Å². The van der Waals surface area contributed by atoms with Crippen LogP contribution in [0.15, 0.2) is 5.16 Å². The summed E-state index contributed by atoms with van der Waals surface area (Å²) >= 11 is 0. The lowest BCUT2D eigenvalue weighted by Crippen LogP contribution is -2.11. The third kappa shape index (κ3) is 4.94. The van der Waals surface area contributed by atoms with Crippen molar-refractivity contribution in [2.24, 2.45) is 10.9 Å². The second-order valence-corrected chi connectivity index (χ2v) is 1.05. The van der Waals surface area contributed by atoms with E-state index in [2.05, 4.69) is 15.7 Å². The molecule has 0 aromatic heterocycles. The molecule has 8 heavy (non-hydrogen) atoms. The molecule has 0 aromatic rings. The number of nitrogens with two attached hydrogens (primary N) is 1. The molecule has 0 fully saturated rings. The standard InChI is InChI=1S/C4H8N2O2/c1-2-8-6-3-4(5)7/h3H,2H2,1H3,(H2,5,7). The average Bonchev–Trinajstić information content (AvgIpc) is 1.66. The number of carbonyl (C=O) groups is 1. The van der Waals surface area contributed by atoms with Crippen molar-refractivity contribution in [1.82, 2.24) is 0 Å². The van der Waals surface area contributed by atoms with Gasteiger partial charge in [-0.15, -0.1) is 0 Å². The van der Waals surface area contributed by atoms with Crippen LogP contribution in [-0.2, 0) is 9.63 Å². The first-order chi connectivity index (χ1) is 3.77. The van der Waals surface area contributed by atoms with Crippen LogP contribution in [0.2, 0.25) is 0 Å². The van der Waals surface area contributed by atoms with Crippen molar-refractivity contribution in [1.29, 1.82) is 0 Å². The zero-order valence-electron chi connectivity index (χ0n) is 4.63. The van der Waals surface area contributed by atoms with Gasteiger partial charge in [0.05, 0.1) is 0 Å². The molecule has 4 heteroatoms. The molecule has 46 valence electrons. The first-order valence-corrected chi connectivity index (χ1v) is 2.22. The summed E-state index contributed by atoms with van der Waals surface area (Å²) in [5.74, 6) is -0.599. The monoisotopic (exact) mass is 116 g/mol. The molecule has 0 aliphatic heterocycles. The zero-order valence-corrected chi connectivity index (χ0v) is 4.63. The summed E-state index contributed by atoms with van der Waals surface area (Å²) in [5, 5.41) is 3.19. The first-order valence-electron chi connectivity index (χ1n) is 2.22. The van der Waals surface area contributed by atoms with E-state index >= 15 is 0 Å². The van der Waals surface area contributed by atoms with E-state index in [1.54, 1.807) is 6.92 Å². The van der Waals surface area contributed by atoms with Crippen LogP contribution in [0.3, 0.4) is 0 Å². The van der Waals surface area contributed by atoms with Gasteiger partial charge in [0, 0.05) is 0 Å². The van der Waals surface area contributed by atoms with Crippen LogP contribution < -0.4 is 5.73 Å². The lowest BCUT2D eigenvalue weighted by atomic mass is 10.7. The molecule has 2 N–H and O–H groups in total. The molecule has 0 rings (SSSR count). The van der Waals surface area contributed by atoms with Gasteiger partial charge in [-0.3, -0.25) is 4.79 Å². The van der Waals surface area contributed by atoms with Crippen molar-refractivity contribution in [3.05, 3.63) is 0 Å². The maximum absolute atomic E-state index is 9.87. The third-order valence-electron chi connectivity index (χ3n) is 0.384. The molecule has 0 spiro atoms. The molecule has 0 saturated heterocycles. The van der Waals surface area contributed by atoms with E-state index in [-0.39, 0.29) is 0 Å². The largest absolute Gasteiger partial charge is 0.396 e. The van der Waals surface area contributed by atoms with E-state index in [0.29, 0.717) is 6.61 Å². The molecule has 1 amide bonds. The van der Waals surface area contributed by atoms with E-state index in [1.165, 1.54) is 0 Å². The van der Waals surface area contributed by atoms with Crippen molar-refractivity contribution in [2.75, 3.05) is 6.61 Å². The maximum atomic E-state index is 9.87. The smallest absolute Gasteiger partial charge is 0.263 e. The molecular formula is C4H8N2O2. The SMILES string of the molecule is CCON=CC(N)=O. The number of hydrogen-bond donors (Lipinski definition) is 1. The van der Waals surface area contributed by atoms with Gasteiger partial charge in [-0.1, -0.05) is 5.16 Å². The fourth-order valence-electron chi connectivity index (χ4n) is 0.164. The van der Waals surface area contributed by atoms with Gasteiger partial charge in [-0.25, -0.2) is 0 Å². The van der Waals surface area contributed by atoms with Gasteiger partial charge in [0.2, 0.25) is 0 Å². The lowest BCUT2D eigenvalue weighted by Gasteiger charge is -1.86. The van der Waals surface area contributed by atoms with Crippen LogP contribution >= 0.6 is 0 Å². The summed E-state index contributed by atoms with van der Waals surface area (Å²) in [7, 11) is 0. The Morgan fingerprint density at radius 2 is 2.62 bits per heavy atom. The van der Waals surface area contributed by atoms with E-state index < -0.39 is 5.91 Å². The van der Waals surface area contributed by atoms with Gasteiger partial charge in [-0.05, 0) is 6.92 Å². The van der Waals surface area contributed by atoms with Crippen LogP contribution in [-0.4, -0.2) is 18.7 Å². The number of amides is 1. The number of oxime groups is 1. The number of hydrogen-bond acceptors (Lipinski definition) is 3. The fourth-order valence-corrected chi connectivity index (χ4v) is 0.164. The molecule has 4 nitrogen and oxygen atoms in total. The van der Waals surface area contributed by atoms with Gasteiger partial charge < -0.3 is 10.6 Å². The lowest BCUT2D eigenvalue weighted by molar-refractivity contribution is -0.111. The summed E-state index contributed by atoms with van der Waals surface area (Å²) in [6.45, 7) is 2.21. The first kappa shape index (κ1) is 6.94. The Hall–Kier alpha value is -1.06. The highest BCUT2D eigenvalue weighted by Gasteiger charge is 1.80. The van der Waals surface area contributed by atoms with Gasteiger partial charge in [-0.2, -0.15) is 0 Å². The molecular weight excluding hydrogens is 108 g/mol. The predicted octanol–water partition coefficient (Wildman–Crippen LogP) is -0.506. The average molecular weight is 116 g/mol. The molecule has 0 unspecified atom stereocenters. The van der Waals surface area contributed by atoms with E-state index in [9.17, 15) is 4.79 Å². The van der Waals surface area contributed by atoms with E-state index in [4.69, 9.17) is 0 Å². The van der Waals surface area contributed by atoms with E-state index in [0.717, 1.165) is 6.21 Å². The minimum atomic E-state index is -0.599. The quantitative estimate of drug-likeness (QED) is 0.399. The summed E-state index contributed by atoms with van der Waals surface area (Å²) in [4.78, 5) is 14.3. The molecule has 0 radical (unpaired) electrons. The normalized spacial score (nSPS) is 9.62. The maximum Gasteiger partial charge on any atom is 0.263 e. The highest BCUT2D eigenvalue weighted by molar-refractivity contribution is 6.25. The van der Waals surface area contributed by atoms with Crippen LogP contribution in [0.1, 0.15) is 6.92 Å². The van der Waals surface area contributed by atoms with E-state index in [1.807, 2.05) is 0 Å². The second-order valence-electron chi connectivity index (χ2n) is 1.05. The number of carbonyl (C=O) groups excluding carboxylic acids is 1. The number of rotatable bonds is 3. The topological polar surface area (TPSA) is 64.7 Å². The number of nitrogens with zero attached hydrogens (tertiary/aromatic N) is 1. The number of primary amides is 1. The van der Waals surface area contributed by atoms with Crippen LogP contribution in [0.4, 0.5) is 0 Å². The fraction of sp³-hybridized carbons (Fsp3) is 0.500. The molecule has 0 aliphatic rings. The minimum Gasteiger partial charge on any atom is -0.396 e. The van der Waals surface area contributed by atoms with Crippen LogP contribution in [0.25, 0.3) is 0 Å². The Balaban J connectivity index is 3.20. The summed E-state index contributed by atoms with van der Waals surface area (Å²) < 4.78 is 0. The Kier molecular flexibility index (Phi) is 3.56. The molecule has 0 bridgehead atoms. The Labute approximate surface area is 47.3 Å². The molecule has 0 aromatic carbocycles. The summed E-state index contributed by atoms with van der Waals surface area (Å²) in [6.07, 6.45) is 0.920. The Morgan fingerprint density at radius 3 is 3.00 bits per heavy atom. The molecule has 0 aliphatic carbocycles. The van der Waals surface area contributed by atoms with Crippen molar-refractivity contribution >= 4 is 12.1 Å². The summed E-state index contributed by atoms with van der Waals surface area (Å²) in [6, 6.07) is 0. The zero-order chi connectivity index (χ0) is 6.41. The van der Waals surface area contributed by atoms with Crippen LogP contribution in [0.5, 0.6) is 0 Å².